The van der Waals surface area contributed by atoms with Gasteiger partial charge in [-0.3, -0.25) is 0 Å². The Balaban J connectivity index is 1.66. The van der Waals surface area contributed by atoms with Gasteiger partial charge in [-0.1, -0.05) is 94.4 Å². The first-order valence-electron chi connectivity index (χ1n) is 12.5. The van der Waals surface area contributed by atoms with Crippen molar-refractivity contribution >= 4 is 35.6 Å². The van der Waals surface area contributed by atoms with Gasteiger partial charge in [0.05, 0.1) is 12.1 Å². The van der Waals surface area contributed by atoms with Gasteiger partial charge in [-0.25, -0.2) is 9.98 Å². The third kappa shape index (κ3) is 4.90. The average Bonchev–Trinajstić information content (AvgIpc) is 3.57. The molecule has 180 valence electrons. The lowest BCUT2D eigenvalue weighted by Gasteiger charge is -2.24. The molecular weight excluding hydrogens is 451 g/mol. The molecular formula is C30H33N2O2P. The normalized spacial score (nSPS) is 19.6. The van der Waals surface area contributed by atoms with Gasteiger partial charge in [0.1, 0.15) is 13.2 Å². The molecule has 0 bridgehead atoms. The van der Waals surface area contributed by atoms with Gasteiger partial charge in [0.2, 0.25) is 11.8 Å². The maximum Gasteiger partial charge on any atom is 0.217 e. The van der Waals surface area contributed by atoms with Gasteiger partial charge in [0.15, 0.2) is 0 Å². The van der Waals surface area contributed by atoms with Crippen LogP contribution in [0, 0.1) is 11.8 Å². The van der Waals surface area contributed by atoms with E-state index in [1.165, 1.54) is 15.9 Å². The Morgan fingerprint density at radius 2 is 1.06 bits per heavy atom. The summed E-state index contributed by atoms with van der Waals surface area (Å²) in [6.45, 7) is 10.1. The van der Waals surface area contributed by atoms with Crippen molar-refractivity contribution in [2.24, 2.45) is 21.8 Å². The summed E-state index contributed by atoms with van der Waals surface area (Å²) in [5.41, 5.74) is 2.16. The van der Waals surface area contributed by atoms with E-state index >= 15 is 0 Å². The number of nitrogens with zero attached hydrogens (tertiary/aromatic N) is 2. The van der Waals surface area contributed by atoms with Crippen LogP contribution in [0.4, 0.5) is 0 Å². The molecule has 0 saturated carbocycles. The van der Waals surface area contributed by atoms with Crippen molar-refractivity contribution in [2.45, 2.75) is 39.8 Å². The van der Waals surface area contributed by atoms with Crippen LogP contribution in [-0.4, -0.2) is 37.1 Å². The molecule has 2 aliphatic heterocycles. The van der Waals surface area contributed by atoms with Crippen LogP contribution < -0.4 is 15.9 Å². The smallest absolute Gasteiger partial charge is 0.217 e. The summed E-state index contributed by atoms with van der Waals surface area (Å²) in [5.74, 6) is 2.41. The minimum absolute atomic E-state index is 0.197. The van der Waals surface area contributed by atoms with Crippen LogP contribution in [0.25, 0.3) is 0 Å². The molecule has 0 radical (unpaired) electrons. The molecule has 2 atom stereocenters. The Morgan fingerprint density at radius 1 is 0.629 bits per heavy atom. The van der Waals surface area contributed by atoms with E-state index < -0.39 is 7.92 Å². The molecule has 0 saturated heterocycles. The summed E-state index contributed by atoms with van der Waals surface area (Å²) in [6.07, 6.45) is 0. The Bertz CT molecular complexity index is 1160. The lowest BCUT2D eigenvalue weighted by molar-refractivity contribution is 0.292. The molecule has 4 nitrogen and oxygen atoms in total. The molecule has 3 aromatic carbocycles. The SMILES string of the molecule is CC(C)[C@H]1COC(c2ccccc2P(c2ccccc2)c2ccccc2C2=N[C@@H](C(C)C)CO2)=N1. The number of hydrogen-bond acceptors (Lipinski definition) is 4. The maximum absolute atomic E-state index is 6.16. The van der Waals surface area contributed by atoms with Crippen molar-refractivity contribution in [3.05, 3.63) is 90.0 Å². The molecule has 0 aliphatic carbocycles. The first-order chi connectivity index (χ1) is 17.0. The summed E-state index contributed by atoms with van der Waals surface area (Å²) in [7, 11) is -0.901. The molecule has 5 heteroatoms. The molecule has 0 fully saturated rings. The fraction of sp³-hybridized carbons (Fsp3) is 0.333. The summed E-state index contributed by atoms with van der Waals surface area (Å²) in [6, 6.07) is 28.3. The zero-order valence-corrected chi connectivity index (χ0v) is 21.8. The summed E-state index contributed by atoms with van der Waals surface area (Å²) in [5, 5.41) is 3.76. The molecule has 35 heavy (non-hydrogen) atoms. The van der Waals surface area contributed by atoms with Crippen molar-refractivity contribution in [1.29, 1.82) is 0 Å². The van der Waals surface area contributed by atoms with Crippen LogP contribution in [-0.2, 0) is 9.47 Å². The third-order valence-electron chi connectivity index (χ3n) is 6.65. The van der Waals surface area contributed by atoms with Crippen LogP contribution in [0.1, 0.15) is 38.8 Å². The monoisotopic (exact) mass is 484 g/mol. The molecule has 2 aliphatic rings. The van der Waals surface area contributed by atoms with Gasteiger partial charge >= 0.3 is 0 Å². The van der Waals surface area contributed by atoms with E-state index in [4.69, 9.17) is 19.5 Å². The Labute approximate surface area is 209 Å². The standard InChI is InChI=1S/C30H33N2O2P/c1-20(2)25-18-33-29(31-25)23-14-8-10-16-27(23)35(22-12-6-5-7-13-22)28-17-11-9-15-24(28)30-32-26(19-34-30)21(3)4/h5-17,20-21,25-26H,18-19H2,1-4H3/t25-,26-/m1/s1. The summed E-state index contributed by atoms with van der Waals surface area (Å²) < 4.78 is 12.3. The minimum atomic E-state index is -0.901. The molecule has 2 heterocycles. The minimum Gasteiger partial charge on any atom is -0.475 e. The molecule has 0 N–H and O–H groups in total. The van der Waals surface area contributed by atoms with E-state index in [2.05, 4.69) is 107 Å². The fourth-order valence-electron chi connectivity index (χ4n) is 4.44. The first kappa shape index (κ1) is 23.8. The zero-order valence-electron chi connectivity index (χ0n) is 20.9. The quantitative estimate of drug-likeness (QED) is 0.441. The number of hydrogen-bond donors (Lipinski definition) is 0. The molecule has 3 aromatic rings. The fourth-order valence-corrected chi connectivity index (χ4v) is 7.02. The lowest BCUT2D eigenvalue weighted by Crippen LogP contribution is -2.28. The van der Waals surface area contributed by atoms with Crippen molar-refractivity contribution < 1.29 is 9.47 Å². The molecule has 0 amide bonds. The van der Waals surface area contributed by atoms with E-state index in [1.807, 2.05) is 0 Å². The second kappa shape index (κ2) is 10.3. The average molecular weight is 485 g/mol. The summed E-state index contributed by atoms with van der Waals surface area (Å²) in [4.78, 5) is 9.95. The van der Waals surface area contributed by atoms with Gasteiger partial charge in [-0.05, 0) is 47.8 Å². The Kier molecular flexibility index (Phi) is 7.02. The molecule has 0 unspecified atom stereocenters. The van der Waals surface area contributed by atoms with Gasteiger partial charge in [-0.2, -0.15) is 0 Å². The highest BCUT2D eigenvalue weighted by atomic mass is 31.1. The van der Waals surface area contributed by atoms with Gasteiger partial charge in [0.25, 0.3) is 0 Å². The van der Waals surface area contributed by atoms with E-state index in [0.29, 0.717) is 25.0 Å². The maximum atomic E-state index is 6.16. The number of aliphatic imine (C=N–C) groups is 2. The largest absolute Gasteiger partial charge is 0.475 e. The topological polar surface area (TPSA) is 43.2 Å². The van der Waals surface area contributed by atoms with Crippen LogP contribution in [0.5, 0.6) is 0 Å². The third-order valence-corrected chi connectivity index (χ3v) is 9.21. The number of rotatable bonds is 7. The highest BCUT2D eigenvalue weighted by molar-refractivity contribution is 7.80. The van der Waals surface area contributed by atoms with Crippen molar-refractivity contribution in [2.75, 3.05) is 13.2 Å². The van der Waals surface area contributed by atoms with Crippen LogP contribution in [0.3, 0.4) is 0 Å². The van der Waals surface area contributed by atoms with Crippen molar-refractivity contribution in [3.8, 4) is 0 Å². The highest BCUT2D eigenvalue weighted by Gasteiger charge is 2.31. The Morgan fingerprint density at radius 3 is 1.49 bits per heavy atom. The first-order valence-corrected chi connectivity index (χ1v) is 13.8. The van der Waals surface area contributed by atoms with Crippen LogP contribution in [0.15, 0.2) is 88.8 Å². The van der Waals surface area contributed by atoms with Crippen LogP contribution >= 0.6 is 7.92 Å². The second-order valence-corrected chi connectivity index (χ2v) is 12.0. The molecule has 5 rings (SSSR count). The Hall–Kier alpha value is -2.97. The van der Waals surface area contributed by atoms with Crippen molar-refractivity contribution in [1.82, 2.24) is 0 Å². The second-order valence-electron chi connectivity index (χ2n) is 9.82. The van der Waals surface area contributed by atoms with E-state index in [0.717, 1.165) is 22.9 Å². The predicted molar refractivity (Wildman–Crippen MR) is 147 cm³/mol. The van der Waals surface area contributed by atoms with Gasteiger partial charge < -0.3 is 9.47 Å². The molecule has 0 aromatic heterocycles. The van der Waals surface area contributed by atoms with E-state index in [1.54, 1.807) is 0 Å². The number of ether oxygens (including phenoxy) is 2. The zero-order chi connectivity index (χ0) is 24.4. The van der Waals surface area contributed by atoms with E-state index in [9.17, 15) is 0 Å². The predicted octanol–water partition coefficient (Wildman–Crippen LogP) is 5.05. The summed E-state index contributed by atoms with van der Waals surface area (Å²) >= 11 is 0. The highest BCUT2D eigenvalue weighted by Crippen LogP contribution is 2.37. The van der Waals surface area contributed by atoms with Crippen molar-refractivity contribution in [3.63, 3.8) is 0 Å². The lowest BCUT2D eigenvalue weighted by atomic mass is 10.1. The van der Waals surface area contributed by atoms with Crippen LogP contribution in [0.2, 0.25) is 0 Å². The number of benzene rings is 3. The molecule has 0 spiro atoms. The van der Waals surface area contributed by atoms with Gasteiger partial charge in [0, 0.05) is 11.1 Å². The van der Waals surface area contributed by atoms with E-state index in [-0.39, 0.29) is 12.1 Å². The van der Waals surface area contributed by atoms with Gasteiger partial charge in [-0.15, -0.1) is 0 Å².